The van der Waals surface area contributed by atoms with Gasteiger partial charge in [0, 0.05) is 11.6 Å². The largest absolute Gasteiger partial charge is 0.324 e. The first-order valence-corrected chi connectivity index (χ1v) is 6.69. The topological polar surface area (TPSA) is 29.3 Å². The predicted octanol–water partition coefficient (Wildman–Crippen LogP) is 2.54. The fourth-order valence-corrected chi connectivity index (χ4v) is 3.38. The molecule has 1 aliphatic heterocycles. The van der Waals surface area contributed by atoms with E-state index < -0.39 is 0 Å². The maximum absolute atomic E-state index is 6.49. The predicted molar refractivity (Wildman–Crippen MR) is 69.3 cm³/mol. The molecule has 3 atom stereocenters. The second-order valence-corrected chi connectivity index (χ2v) is 6.08. The van der Waals surface area contributed by atoms with Crippen molar-refractivity contribution in [2.24, 2.45) is 11.7 Å². The minimum Gasteiger partial charge on any atom is -0.324 e. The number of likely N-dealkylation sites (tertiary alicyclic amines) is 1. The van der Waals surface area contributed by atoms with E-state index in [1.54, 1.807) is 0 Å². The van der Waals surface area contributed by atoms with Crippen LogP contribution in [0.2, 0.25) is 0 Å². The third-order valence-electron chi connectivity index (χ3n) is 4.58. The molecule has 2 aliphatic rings. The molecule has 0 aromatic rings. The molecule has 2 heteroatoms. The van der Waals surface area contributed by atoms with Gasteiger partial charge in [-0.05, 0) is 65.0 Å². The maximum Gasteiger partial charge on any atom is 0.0283 e. The molecular weight excluding hydrogens is 196 g/mol. The first kappa shape index (κ1) is 12.1. The second-order valence-electron chi connectivity index (χ2n) is 6.08. The summed E-state index contributed by atoms with van der Waals surface area (Å²) in [7, 11) is 0. The van der Waals surface area contributed by atoms with Gasteiger partial charge >= 0.3 is 0 Å². The highest BCUT2D eigenvalue weighted by Gasteiger charge is 2.40. The molecule has 16 heavy (non-hydrogen) atoms. The molecule has 2 rings (SSSR count). The standard InChI is InChI=1S/C14H26N2/c1-11(2)12-6-7-14(3,15)13(10-12)16-8-4-5-9-16/h12-13H,1,4-10,15H2,2-3H3/t12-,13+,14+/m0/s1. The molecule has 1 saturated carbocycles. The number of nitrogens with two attached hydrogens (primary N) is 1. The monoisotopic (exact) mass is 222 g/mol. The smallest absolute Gasteiger partial charge is 0.0283 e. The number of allylic oxidation sites excluding steroid dienone is 1. The third kappa shape index (κ3) is 2.33. The van der Waals surface area contributed by atoms with Gasteiger partial charge in [-0.15, -0.1) is 0 Å². The van der Waals surface area contributed by atoms with Gasteiger partial charge in [0.15, 0.2) is 0 Å². The number of nitrogens with zero attached hydrogens (tertiary/aromatic N) is 1. The van der Waals surface area contributed by atoms with Crippen molar-refractivity contribution in [3.05, 3.63) is 12.2 Å². The summed E-state index contributed by atoms with van der Waals surface area (Å²) in [5.41, 5.74) is 7.85. The van der Waals surface area contributed by atoms with Crippen molar-refractivity contribution in [1.82, 2.24) is 4.90 Å². The van der Waals surface area contributed by atoms with Crippen LogP contribution in [0.4, 0.5) is 0 Å². The lowest BCUT2D eigenvalue weighted by Gasteiger charge is -2.46. The first-order valence-electron chi connectivity index (χ1n) is 6.69. The molecule has 1 aliphatic carbocycles. The maximum atomic E-state index is 6.49. The Balaban J connectivity index is 2.08. The van der Waals surface area contributed by atoms with Crippen LogP contribution in [-0.4, -0.2) is 29.6 Å². The number of hydrogen-bond donors (Lipinski definition) is 1. The van der Waals surface area contributed by atoms with Crippen molar-refractivity contribution < 1.29 is 0 Å². The first-order chi connectivity index (χ1) is 7.50. The highest BCUT2D eigenvalue weighted by molar-refractivity contribution is 5.07. The zero-order valence-corrected chi connectivity index (χ0v) is 10.8. The lowest BCUT2D eigenvalue weighted by molar-refractivity contribution is 0.0937. The molecule has 0 aromatic heterocycles. The van der Waals surface area contributed by atoms with Gasteiger partial charge < -0.3 is 5.73 Å². The summed E-state index contributed by atoms with van der Waals surface area (Å²) >= 11 is 0. The van der Waals surface area contributed by atoms with Crippen molar-refractivity contribution in [2.45, 2.75) is 57.5 Å². The fraction of sp³-hybridized carbons (Fsp3) is 0.857. The fourth-order valence-electron chi connectivity index (χ4n) is 3.38. The van der Waals surface area contributed by atoms with E-state index >= 15 is 0 Å². The van der Waals surface area contributed by atoms with Crippen molar-refractivity contribution in [1.29, 1.82) is 0 Å². The van der Waals surface area contributed by atoms with Crippen LogP contribution in [0.25, 0.3) is 0 Å². The van der Waals surface area contributed by atoms with E-state index in [2.05, 4.69) is 25.3 Å². The minimum atomic E-state index is 0.0102. The van der Waals surface area contributed by atoms with Gasteiger partial charge in [0.2, 0.25) is 0 Å². The van der Waals surface area contributed by atoms with Gasteiger partial charge in [-0.1, -0.05) is 12.2 Å². The Kier molecular flexibility index (Phi) is 3.41. The quantitative estimate of drug-likeness (QED) is 0.728. The van der Waals surface area contributed by atoms with Gasteiger partial charge in [0.1, 0.15) is 0 Å². The summed E-state index contributed by atoms with van der Waals surface area (Å²) < 4.78 is 0. The number of rotatable bonds is 2. The molecule has 0 bridgehead atoms. The van der Waals surface area contributed by atoms with Crippen molar-refractivity contribution in [3.63, 3.8) is 0 Å². The zero-order valence-electron chi connectivity index (χ0n) is 10.8. The van der Waals surface area contributed by atoms with Gasteiger partial charge in [-0.2, -0.15) is 0 Å². The van der Waals surface area contributed by atoms with Crippen LogP contribution in [0.5, 0.6) is 0 Å². The van der Waals surface area contributed by atoms with Gasteiger partial charge in [0.25, 0.3) is 0 Å². The highest BCUT2D eigenvalue weighted by Crippen LogP contribution is 2.37. The average Bonchev–Trinajstić information content (AvgIpc) is 2.69. The Morgan fingerprint density at radius 1 is 1.38 bits per heavy atom. The summed E-state index contributed by atoms with van der Waals surface area (Å²) in [6, 6.07) is 0.574. The van der Waals surface area contributed by atoms with Gasteiger partial charge in [-0.25, -0.2) is 0 Å². The molecule has 2 N–H and O–H groups in total. The van der Waals surface area contributed by atoms with E-state index in [0.29, 0.717) is 12.0 Å². The van der Waals surface area contributed by atoms with Crippen LogP contribution in [0.15, 0.2) is 12.2 Å². The highest BCUT2D eigenvalue weighted by atomic mass is 15.2. The molecule has 1 saturated heterocycles. The Morgan fingerprint density at radius 3 is 2.56 bits per heavy atom. The molecule has 92 valence electrons. The van der Waals surface area contributed by atoms with Crippen molar-refractivity contribution >= 4 is 0 Å². The average molecular weight is 222 g/mol. The van der Waals surface area contributed by atoms with Crippen molar-refractivity contribution in [2.75, 3.05) is 13.1 Å². The molecule has 0 radical (unpaired) electrons. The van der Waals surface area contributed by atoms with Crippen LogP contribution in [0, 0.1) is 5.92 Å². The minimum absolute atomic E-state index is 0.0102. The lowest BCUT2D eigenvalue weighted by atomic mass is 9.72. The Hall–Kier alpha value is -0.340. The van der Waals surface area contributed by atoms with E-state index in [0.717, 1.165) is 6.42 Å². The Labute approximate surface area is 99.9 Å². The van der Waals surface area contributed by atoms with Gasteiger partial charge in [0.05, 0.1) is 0 Å². The van der Waals surface area contributed by atoms with E-state index in [9.17, 15) is 0 Å². The molecule has 2 nitrogen and oxygen atoms in total. The second kappa shape index (κ2) is 4.50. The Bertz CT molecular complexity index is 264. The van der Waals surface area contributed by atoms with Crippen LogP contribution in [0.3, 0.4) is 0 Å². The van der Waals surface area contributed by atoms with E-state index in [4.69, 9.17) is 5.73 Å². The van der Waals surface area contributed by atoms with Crippen molar-refractivity contribution in [3.8, 4) is 0 Å². The summed E-state index contributed by atoms with van der Waals surface area (Å²) in [5.74, 6) is 0.697. The SMILES string of the molecule is C=C(C)[C@H]1CC[C@@](C)(N)[C@H](N2CCCC2)C1. The lowest BCUT2D eigenvalue weighted by Crippen LogP contribution is -2.59. The molecular formula is C14H26N2. The molecule has 1 heterocycles. The van der Waals surface area contributed by atoms with Crippen LogP contribution < -0.4 is 5.73 Å². The molecule has 0 unspecified atom stereocenters. The summed E-state index contributed by atoms with van der Waals surface area (Å²) in [6.07, 6.45) is 6.30. The van der Waals surface area contributed by atoms with Crippen LogP contribution >= 0.6 is 0 Å². The summed E-state index contributed by atoms with van der Waals surface area (Å²) in [4.78, 5) is 2.62. The summed E-state index contributed by atoms with van der Waals surface area (Å²) in [6.45, 7) is 11.0. The molecule has 0 aromatic carbocycles. The molecule has 2 fully saturated rings. The zero-order chi connectivity index (χ0) is 11.8. The summed E-state index contributed by atoms with van der Waals surface area (Å²) in [5, 5.41) is 0. The molecule has 0 spiro atoms. The van der Waals surface area contributed by atoms with E-state index in [-0.39, 0.29) is 5.54 Å². The van der Waals surface area contributed by atoms with Crippen LogP contribution in [0.1, 0.15) is 46.0 Å². The normalized spacial score (nSPS) is 41.2. The van der Waals surface area contributed by atoms with E-state index in [1.807, 2.05) is 0 Å². The Morgan fingerprint density at radius 2 is 2.00 bits per heavy atom. The van der Waals surface area contributed by atoms with E-state index in [1.165, 1.54) is 44.3 Å². The third-order valence-corrected chi connectivity index (χ3v) is 4.58. The van der Waals surface area contributed by atoms with Gasteiger partial charge in [-0.3, -0.25) is 4.90 Å². The van der Waals surface area contributed by atoms with Crippen LogP contribution in [-0.2, 0) is 0 Å². The number of hydrogen-bond acceptors (Lipinski definition) is 2. The molecule has 0 amide bonds.